The van der Waals surface area contributed by atoms with Crippen LogP contribution in [0.25, 0.3) is 11.3 Å². The number of nitrogen functional groups attached to an aromatic ring is 1. The molecule has 0 unspecified atom stereocenters. The van der Waals surface area contributed by atoms with Crippen LogP contribution in [0.5, 0.6) is 5.75 Å². The molecule has 0 aliphatic heterocycles. The number of methoxy groups -OCH3 is 1. The summed E-state index contributed by atoms with van der Waals surface area (Å²) in [6, 6.07) is 13.0. The summed E-state index contributed by atoms with van der Waals surface area (Å²) in [4.78, 5) is 4.41. The topological polar surface area (TPSA) is 53.1 Å². The molecule has 0 saturated heterocycles. The predicted molar refractivity (Wildman–Crippen MR) is 94.2 cm³/mol. The van der Waals surface area contributed by atoms with Crippen LogP contribution in [0.3, 0.4) is 0 Å². The third-order valence-electron chi connectivity index (χ3n) is 3.57. The first-order chi connectivity index (χ1) is 11.1. The van der Waals surface area contributed by atoms with E-state index in [9.17, 15) is 0 Å². The van der Waals surface area contributed by atoms with Crippen LogP contribution in [0.4, 0.5) is 5.95 Å². The van der Waals surface area contributed by atoms with Crippen molar-refractivity contribution in [3.63, 3.8) is 0 Å². The van der Waals surface area contributed by atoms with Crippen molar-refractivity contribution in [2.24, 2.45) is 0 Å². The Morgan fingerprint density at radius 1 is 1.13 bits per heavy atom. The summed E-state index contributed by atoms with van der Waals surface area (Å²) in [5.41, 5.74) is 8.64. The lowest BCUT2D eigenvalue weighted by Gasteiger charge is -2.11. The summed E-state index contributed by atoms with van der Waals surface area (Å²) in [5, 5.41) is 1.31. The number of benzene rings is 2. The molecule has 0 radical (unpaired) electrons. The number of hydrogen-bond acceptors (Lipinski definition) is 3. The van der Waals surface area contributed by atoms with E-state index in [1.54, 1.807) is 7.11 Å². The largest absolute Gasteiger partial charge is 0.496 e. The highest BCUT2D eigenvalue weighted by Crippen LogP contribution is 2.29. The number of hydrogen-bond donors (Lipinski definition) is 1. The van der Waals surface area contributed by atoms with Crippen LogP contribution in [-0.4, -0.2) is 16.7 Å². The van der Waals surface area contributed by atoms with Gasteiger partial charge in [-0.05, 0) is 24.3 Å². The fourth-order valence-corrected chi connectivity index (χ4v) is 2.72. The summed E-state index contributed by atoms with van der Waals surface area (Å²) in [5.74, 6) is 1.13. The summed E-state index contributed by atoms with van der Waals surface area (Å²) < 4.78 is 7.21. The first kappa shape index (κ1) is 15.7. The zero-order valence-corrected chi connectivity index (χ0v) is 14.0. The molecule has 2 N–H and O–H groups in total. The quantitative estimate of drug-likeness (QED) is 0.755. The molecule has 0 aliphatic rings. The van der Waals surface area contributed by atoms with Crippen molar-refractivity contribution in [2.45, 2.75) is 6.54 Å². The van der Waals surface area contributed by atoms with Crippen molar-refractivity contribution in [3.05, 3.63) is 64.3 Å². The second-order valence-electron chi connectivity index (χ2n) is 5.04. The van der Waals surface area contributed by atoms with E-state index in [0.29, 0.717) is 22.5 Å². The minimum absolute atomic E-state index is 0.414. The third-order valence-corrected chi connectivity index (χ3v) is 4.18. The van der Waals surface area contributed by atoms with E-state index < -0.39 is 0 Å². The Bertz CT molecular complexity index is 828. The molecule has 0 bridgehead atoms. The molecule has 1 aromatic heterocycles. The molecule has 2 aromatic carbocycles. The smallest absolute Gasteiger partial charge is 0.201 e. The zero-order valence-electron chi connectivity index (χ0n) is 12.5. The van der Waals surface area contributed by atoms with Gasteiger partial charge in [-0.1, -0.05) is 41.4 Å². The van der Waals surface area contributed by atoms with Crippen molar-refractivity contribution in [1.82, 2.24) is 9.55 Å². The van der Waals surface area contributed by atoms with Crippen molar-refractivity contribution >= 4 is 29.2 Å². The Labute approximate surface area is 144 Å². The Hall–Kier alpha value is -2.17. The molecule has 1 heterocycles. The van der Waals surface area contributed by atoms with Crippen molar-refractivity contribution < 1.29 is 4.74 Å². The number of imidazole rings is 1. The number of nitrogens with zero attached hydrogens (tertiary/aromatic N) is 2. The fourth-order valence-electron chi connectivity index (χ4n) is 2.37. The first-order valence-electron chi connectivity index (χ1n) is 6.98. The minimum Gasteiger partial charge on any atom is -0.496 e. The molecule has 0 saturated carbocycles. The first-order valence-corrected chi connectivity index (χ1v) is 7.74. The van der Waals surface area contributed by atoms with E-state index in [1.165, 1.54) is 0 Å². The SMILES string of the molecule is COc1cccc(Cl)c1Cn1cc(-c2ccc(Cl)cc2)nc1N. The van der Waals surface area contributed by atoms with Crippen molar-refractivity contribution in [3.8, 4) is 17.0 Å². The highest BCUT2D eigenvalue weighted by atomic mass is 35.5. The lowest BCUT2D eigenvalue weighted by Crippen LogP contribution is -2.05. The van der Waals surface area contributed by atoms with E-state index in [1.807, 2.05) is 53.2 Å². The molecule has 0 amide bonds. The summed E-state index contributed by atoms with van der Waals surface area (Å²) >= 11 is 12.2. The van der Waals surface area contributed by atoms with E-state index in [4.69, 9.17) is 33.7 Å². The van der Waals surface area contributed by atoms with E-state index >= 15 is 0 Å². The fraction of sp³-hybridized carbons (Fsp3) is 0.118. The number of aromatic nitrogens is 2. The molecule has 6 heteroatoms. The molecule has 3 aromatic rings. The van der Waals surface area contributed by atoms with Gasteiger partial charge in [-0.25, -0.2) is 4.98 Å². The Balaban J connectivity index is 1.95. The number of nitrogens with two attached hydrogens (primary N) is 1. The monoisotopic (exact) mass is 347 g/mol. The van der Waals surface area contributed by atoms with E-state index in [-0.39, 0.29) is 0 Å². The van der Waals surface area contributed by atoms with Gasteiger partial charge in [0.25, 0.3) is 0 Å². The maximum Gasteiger partial charge on any atom is 0.201 e. The summed E-state index contributed by atoms with van der Waals surface area (Å²) in [6.07, 6.45) is 1.89. The Morgan fingerprint density at radius 3 is 2.57 bits per heavy atom. The van der Waals surface area contributed by atoms with Gasteiger partial charge in [-0.2, -0.15) is 0 Å². The molecule has 118 valence electrons. The lowest BCUT2D eigenvalue weighted by atomic mass is 10.2. The van der Waals surface area contributed by atoms with Gasteiger partial charge in [0, 0.05) is 27.4 Å². The van der Waals surface area contributed by atoms with E-state index in [0.717, 1.165) is 22.6 Å². The second-order valence-corrected chi connectivity index (χ2v) is 5.88. The maximum atomic E-state index is 6.28. The van der Waals surface area contributed by atoms with Crippen LogP contribution >= 0.6 is 23.2 Å². The maximum absolute atomic E-state index is 6.28. The highest BCUT2D eigenvalue weighted by Gasteiger charge is 2.12. The molecule has 3 rings (SSSR count). The van der Waals surface area contributed by atoms with Gasteiger partial charge in [-0.15, -0.1) is 0 Å². The van der Waals surface area contributed by atoms with Crippen LogP contribution in [0.1, 0.15) is 5.56 Å². The lowest BCUT2D eigenvalue weighted by molar-refractivity contribution is 0.408. The third kappa shape index (κ3) is 3.28. The molecule has 0 fully saturated rings. The molecule has 0 spiro atoms. The minimum atomic E-state index is 0.414. The molecule has 0 aliphatic carbocycles. The summed E-state index contributed by atoms with van der Waals surface area (Å²) in [7, 11) is 1.62. The molecular formula is C17H15Cl2N3O. The average Bonchev–Trinajstić information content (AvgIpc) is 2.91. The van der Waals surface area contributed by atoms with Gasteiger partial charge in [0.2, 0.25) is 5.95 Å². The molecule has 23 heavy (non-hydrogen) atoms. The van der Waals surface area contributed by atoms with Crippen LogP contribution in [0.2, 0.25) is 10.0 Å². The van der Waals surface area contributed by atoms with Gasteiger partial charge in [0.15, 0.2) is 0 Å². The zero-order chi connectivity index (χ0) is 16.4. The number of halogens is 2. The predicted octanol–water partition coefficient (Wildman–Crippen LogP) is 4.50. The van der Waals surface area contributed by atoms with Crippen LogP contribution in [-0.2, 0) is 6.54 Å². The normalized spacial score (nSPS) is 10.7. The average molecular weight is 348 g/mol. The molecule has 4 nitrogen and oxygen atoms in total. The van der Waals surface area contributed by atoms with E-state index in [2.05, 4.69) is 4.98 Å². The molecular weight excluding hydrogens is 333 g/mol. The Morgan fingerprint density at radius 2 is 1.87 bits per heavy atom. The number of ether oxygens (including phenoxy) is 1. The highest BCUT2D eigenvalue weighted by molar-refractivity contribution is 6.31. The van der Waals surface area contributed by atoms with Crippen molar-refractivity contribution in [2.75, 3.05) is 12.8 Å². The van der Waals surface area contributed by atoms with Gasteiger partial charge < -0.3 is 15.0 Å². The molecule has 0 atom stereocenters. The van der Waals surface area contributed by atoms with Crippen LogP contribution < -0.4 is 10.5 Å². The Kier molecular flexibility index (Phi) is 4.46. The van der Waals surface area contributed by atoms with Crippen LogP contribution in [0, 0.1) is 0 Å². The number of anilines is 1. The van der Waals surface area contributed by atoms with Crippen LogP contribution in [0.15, 0.2) is 48.7 Å². The van der Waals surface area contributed by atoms with Gasteiger partial charge in [0.05, 0.1) is 19.3 Å². The van der Waals surface area contributed by atoms with Crippen molar-refractivity contribution in [1.29, 1.82) is 0 Å². The van der Waals surface area contributed by atoms with Gasteiger partial charge in [-0.3, -0.25) is 0 Å². The standard InChI is InChI=1S/C17H15Cl2N3O/c1-23-16-4-2-3-14(19)13(16)9-22-10-15(21-17(22)20)11-5-7-12(18)8-6-11/h2-8,10H,9H2,1H3,(H2,20,21). The number of rotatable bonds is 4. The summed E-state index contributed by atoms with van der Waals surface area (Å²) in [6.45, 7) is 0.481. The van der Waals surface area contributed by atoms with Gasteiger partial charge in [0.1, 0.15) is 5.75 Å². The second kappa shape index (κ2) is 6.52. The van der Waals surface area contributed by atoms with Gasteiger partial charge >= 0.3 is 0 Å².